The average molecular weight is 507 g/mol. The van der Waals surface area contributed by atoms with Crippen LogP contribution in [-0.4, -0.2) is 52.9 Å². The fourth-order valence-electron chi connectivity index (χ4n) is 5.75. The van der Waals surface area contributed by atoms with Crippen LogP contribution in [0.15, 0.2) is 79.0 Å². The molecule has 2 aliphatic rings. The van der Waals surface area contributed by atoms with Gasteiger partial charge in [0.2, 0.25) is 0 Å². The molecule has 0 spiro atoms. The number of ether oxygens (including phenoxy) is 1. The van der Waals surface area contributed by atoms with E-state index in [1.807, 2.05) is 47.4 Å². The second-order valence-electron chi connectivity index (χ2n) is 10.4. The number of carbonyl (C=O) groups is 1. The van der Waals surface area contributed by atoms with Crippen LogP contribution in [0.4, 0.5) is 5.82 Å². The highest BCUT2D eigenvalue weighted by atomic mass is 16.5. The molecule has 2 saturated heterocycles. The minimum absolute atomic E-state index is 0.117. The lowest BCUT2D eigenvalue weighted by molar-refractivity contribution is 0.0644. The van der Waals surface area contributed by atoms with Crippen molar-refractivity contribution in [3.05, 3.63) is 90.1 Å². The van der Waals surface area contributed by atoms with Crippen LogP contribution in [0.1, 0.15) is 41.6 Å². The Morgan fingerprint density at radius 2 is 1.61 bits per heavy atom. The second-order valence-corrected chi connectivity index (χ2v) is 10.4. The van der Waals surface area contributed by atoms with Gasteiger partial charge in [0.1, 0.15) is 6.61 Å². The standard InChI is InChI=1S/C32H34N4O2/c33-31-30(38-22-23-7-8-24-5-1-2-6-27(24)19-23)20-28(21-34-31)25-9-11-26(12-10-25)32(37)36-17-13-29(14-18-36)35-15-3-4-16-35/h1-2,5-12,19-21,29H,3-4,13-18,22H2,(H2,33,34). The van der Waals surface area contributed by atoms with Crippen LogP contribution in [-0.2, 0) is 6.61 Å². The van der Waals surface area contributed by atoms with Gasteiger partial charge in [-0.25, -0.2) is 4.98 Å². The summed E-state index contributed by atoms with van der Waals surface area (Å²) >= 11 is 0. The van der Waals surface area contributed by atoms with Gasteiger partial charge in [-0.15, -0.1) is 0 Å². The quantitative estimate of drug-likeness (QED) is 0.360. The summed E-state index contributed by atoms with van der Waals surface area (Å²) in [6.45, 7) is 4.51. The number of nitrogen functional groups attached to an aromatic ring is 1. The SMILES string of the molecule is Nc1ncc(-c2ccc(C(=O)N3CCC(N4CCCC4)CC3)cc2)cc1OCc1ccc2ccccc2c1. The van der Waals surface area contributed by atoms with Crippen LogP contribution in [0.5, 0.6) is 5.75 Å². The van der Waals surface area contributed by atoms with Crippen molar-refractivity contribution in [2.24, 2.45) is 0 Å². The van der Waals surface area contributed by atoms with E-state index in [2.05, 4.69) is 40.2 Å². The number of likely N-dealkylation sites (tertiary alicyclic amines) is 2. The van der Waals surface area contributed by atoms with Crippen LogP contribution < -0.4 is 10.5 Å². The van der Waals surface area contributed by atoms with Crippen molar-refractivity contribution in [2.45, 2.75) is 38.3 Å². The zero-order valence-corrected chi connectivity index (χ0v) is 21.7. The molecule has 2 N–H and O–H groups in total. The molecular formula is C32H34N4O2. The number of pyridine rings is 1. The first kappa shape index (κ1) is 24.4. The van der Waals surface area contributed by atoms with E-state index in [9.17, 15) is 4.79 Å². The number of amides is 1. The van der Waals surface area contributed by atoms with Crippen molar-refractivity contribution in [1.82, 2.24) is 14.8 Å². The van der Waals surface area contributed by atoms with Crippen molar-refractivity contribution >= 4 is 22.5 Å². The summed E-state index contributed by atoms with van der Waals surface area (Å²) in [5.41, 5.74) is 9.80. The number of aromatic nitrogens is 1. The molecule has 194 valence electrons. The van der Waals surface area contributed by atoms with Crippen LogP contribution in [0.25, 0.3) is 21.9 Å². The van der Waals surface area contributed by atoms with Crippen molar-refractivity contribution in [1.29, 1.82) is 0 Å². The molecule has 0 radical (unpaired) electrons. The molecule has 0 bridgehead atoms. The Morgan fingerprint density at radius 3 is 2.37 bits per heavy atom. The first-order valence-corrected chi connectivity index (χ1v) is 13.6. The number of carbonyl (C=O) groups excluding carboxylic acids is 1. The Labute approximate surface area is 224 Å². The number of nitrogens with two attached hydrogens (primary N) is 1. The van der Waals surface area contributed by atoms with Gasteiger partial charge in [0.05, 0.1) is 0 Å². The fourth-order valence-corrected chi connectivity index (χ4v) is 5.75. The lowest BCUT2D eigenvalue weighted by atomic mass is 10.0. The molecule has 4 aromatic rings. The number of hydrogen-bond donors (Lipinski definition) is 1. The predicted molar refractivity (Wildman–Crippen MR) is 152 cm³/mol. The van der Waals surface area contributed by atoms with E-state index in [1.54, 1.807) is 6.20 Å². The minimum atomic E-state index is 0.117. The zero-order chi connectivity index (χ0) is 25.9. The molecule has 3 heterocycles. The molecule has 2 fully saturated rings. The van der Waals surface area contributed by atoms with E-state index in [1.165, 1.54) is 36.7 Å². The van der Waals surface area contributed by atoms with Gasteiger partial charge >= 0.3 is 0 Å². The van der Waals surface area contributed by atoms with E-state index in [0.717, 1.165) is 48.2 Å². The van der Waals surface area contributed by atoms with Gasteiger partial charge in [0, 0.05) is 36.5 Å². The third-order valence-corrected chi connectivity index (χ3v) is 7.96. The number of rotatable bonds is 6. The van der Waals surface area contributed by atoms with Gasteiger partial charge in [-0.05, 0) is 84.9 Å². The summed E-state index contributed by atoms with van der Waals surface area (Å²) in [7, 11) is 0. The summed E-state index contributed by atoms with van der Waals surface area (Å²) in [5, 5.41) is 2.38. The number of nitrogens with zero attached hydrogens (tertiary/aromatic N) is 3. The Balaban J connectivity index is 1.10. The van der Waals surface area contributed by atoms with Gasteiger partial charge in [0.25, 0.3) is 5.91 Å². The third-order valence-electron chi connectivity index (χ3n) is 7.96. The predicted octanol–water partition coefficient (Wildman–Crippen LogP) is 5.76. The monoisotopic (exact) mass is 506 g/mol. The summed E-state index contributed by atoms with van der Waals surface area (Å²) in [4.78, 5) is 22.1. The van der Waals surface area contributed by atoms with Crippen LogP contribution >= 0.6 is 0 Å². The third kappa shape index (κ3) is 5.22. The smallest absolute Gasteiger partial charge is 0.253 e. The first-order valence-electron chi connectivity index (χ1n) is 13.6. The number of anilines is 1. The molecule has 3 aromatic carbocycles. The van der Waals surface area contributed by atoms with Gasteiger partial charge in [-0.2, -0.15) is 0 Å². The molecule has 0 aliphatic carbocycles. The van der Waals surface area contributed by atoms with Crippen molar-refractivity contribution in [3.8, 4) is 16.9 Å². The van der Waals surface area contributed by atoms with Crippen LogP contribution in [0.3, 0.4) is 0 Å². The maximum atomic E-state index is 13.1. The lowest BCUT2D eigenvalue weighted by Gasteiger charge is -2.36. The van der Waals surface area contributed by atoms with E-state index in [4.69, 9.17) is 10.5 Å². The molecule has 0 unspecified atom stereocenters. The zero-order valence-electron chi connectivity index (χ0n) is 21.7. The second kappa shape index (κ2) is 10.8. The molecule has 1 amide bonds. The Hall–Kier alpha value is -3.90. The normalized spacial score (nSPS) is 16.7. The summed E-state index contributed by atoms with van der Waals surface area (Å²) in [6, 6.07) is 24.9. The largest absolute Gasteiger partial charge is 0.485 e. The van der Waals surface area contributed by atoms with E-state index in [-0.39, 0.29) is 5.91 Å². The first-order chi connectivity index (χ1) is 18.6. The van der Waals surface area contributed by atoms with Crippen molar-refractivity contribution in [3.63, 3.8) is 0 Å². The number of piperidine rings is 1. The van der Waals surface area contributed by atoms with Gasteiger partial charge < -0.3 is 20.3 Å². The molecule has 1 aromatic heterocycles. The van der Waals surface area contributed by atoms with E-state index < -0.39 is 0 Å². The van der Waals surface area contributed by atoms with Gasteiger partial charge in [-0.1, -0.05) is 48.5 Å². The Kier molecular flexibility index (Phi) is 6.97. The van der Waals surface area contributed by atoms with E-state index >= 15 is 0 Å². The topological polar surface area (TPSA) is 71.7 Å². The molecular weight excluding hydrogens is 472 g/mol. The maximum absolute atomic E-state index is 13.1. The number of benzene rings is 3. The van der Waals surface area contributed by atoms with E-state index in [0.29, 0.717) is 24.2 Å². The highest BCUT2D eigenvalue weighted by molar-refractivity contribution is 5.94. The molecule has 0 atom stereocenters. The summed E-state index contributed by atoms with van der Waals surface area (Å²) in [5.74, 6) is 1.03. The highest BCUT2D eigenvalue weighted by Gasteiger charge is 2.28. The van der Waals surface area contributed by atoms with Crippen molar-refractivity contribution < 1.29 is 9.53 Å². The Bertz CT molecular complexity index is 1420. The lowest BCUT2D eigenvalue weighted by Crippen LogP contribution is -2.45. The summed E-state index contributed by atoms with van der Waals surface area (Å²) < 4.78 is 6.07. The van der Waals surface area contributed by atoms with Crippen LogP contribution in [0, 0.1) is 0 Å². The molecule has 38 heavy (non-hydrogen) atoms. The Morgan fingerprint density at radius 1 is 0.868 bits per heavy atom. The molecule has 0 saturated carbocycles. The summed E-state index contributed by atoms with van der Waals surface area (Å²) in [6.07, 6.45) is 6.52. The van der Waals surface area contributed by atoms with Crippen molar-refractivity contribution in [2.75, 3.05) is 31.9 Å². The molecule has 6 rings (SSSR count). The number of fused-ring (bicyclic) bond motifs is 1. The molecule has 6 nitrogen and oxygen atoms in total. The molecule has 2 aliphatic heterocycles. The molecule has 6 heteroatoms. The van der Waals surface area contributed by atoms with Gasteiger partial charge in [0.15, 0.2) is 11.6 Å². The highest BCUT2D eigenvalue weighted by Crippen LogP contribution is 2.29. The number of hydrogen-bond acceptors (Lipinski definition) is 5. The minimum Gasteiger partial charge on any atom is -0.485 e. The fraction of sp³-hybridized carbons (Fsp3) is 0.312. The van der Waals surface area contributed by atoms with Gasteiger partial charge in [-0.3, -0.25) is 4.79 Å². The average Bonchev–Trinajstić information content (AvgIpc) is 3.52. The van der Waals surface area contributed by atoms with Crippen LogP contribution in [0.2, 0.25) is 0 Å². The maximum Gasteiger partial charge on any atom is 0.253 e.